The number of ether oxygens (including phenoxy) is 2. The van der Waals surface area contributed by atoms with Crippen LogP contribution in [0.2, 0.25) is 0 Å². The molecule has 3 aromatic carbocycles. The maximum Gasteiger partial charge on any atom is 0.308 e. The van der Waals surface area contributed by atoms with Crippen molar-refractivity contribution in [2.45, 2.75) is 69.2 Å². The molecule has 1 amide bonds. The topological polar surface area (TPSA) is 79.3 Å². The molecule has 3 aromatic rings. The summed E-state index contributed by atoms with van der Waals surface area (Å²) in [5, 5.41) is 11.2. The number of esters is 1. The minimum absolute atomic E-state index is 0.0536. The smallest absolute Gasteiger partial charge is 0.308 e. The standard InChI is InChI=1S/C37H40N2O5/c1-23-8-7-9-25(20-23)12-17-33(42)38(3)29-15-14-28-30-21-27-13-16-32(43-24(2)40)35-34(27)37(28,36(29)44-35)18-19-39(30)22-31(41)26-10-5-4-6-11-26/h4-13,16-17,20,28-31,36,41H,14-15,18-19,21-22H2,1-3H3/t28-,29+,30+,31?,36-,37-/m0/s1. The van der Waals surface area contributed by atoms with E-state index in [4.69, 9.17) is 9.47 Å². The highest BCUT2D eigenvalue weighted by Gasteiger charge is 2.66. The molecule has 6 atom stereocenters. The van der Waals surface area contributed by atoms with Gasteiger partial charge in [-0.1, -0.05) is 66.2 Å². The molecule has 0 aromatic heterocycles. The van der Waals surface area contributed by atoms with Crippen LogP contribution in [0.15, 0.2) is 72.8 Å². The molecule has 1 saturated heterocycles. The first kappa shape index (κ1) is 28.8. The van der Waals surface area contributed by atoms with Crippen molar-refractivity contribution in [1.29, 1.82) is 0 Å². The van der Waals surface area contributed by atoms with Gasteiger partial charge < -0.3 is 19.5 Å². The van der Waals surface area contributed by atoms with Crippen molar-refractivity contribution in [3.8, 4) is 11.5 Å². The number of aryl methyl sites for hydroxylation is 1. The predicted octanol–water partition coefficient (Wildman–Crippen LogP) is 5.23. The van der Waals surface area contributed by atoms with Gasteiger partial charge in [-0.15, -0.1) is 0 Å². The zero-order chi connectivity index (χ0) is 30.6. The number of β-amino-alcohol motifs (C(OH)–C–C–N with tert-alkyl or cyclic N) is 1. The van der Waals surface area contributed by atoms with Gasteiger partial charge in [-0.05, 0) is 73.9 Å². The molecule has 7 heteroatoms. The number of aliphatic hydroxyl groups excluding tert-OH is 1. The molecule has 0 radical (unpaired) electrons. The second-order valence-electron chi connectivity index (χ2n) is 13.0. The Hall–Kier alpha value is -3.94. The lowest BCUT2D eigenvalue weighted by molar-refractivity contribution is -0.135. The molecule has 2 bridgehead atoms. The highest BCUT2D eigenvalue weighted by molar-refractivity contribution is 5.92. The van der Waals surface area contributed by atoms with Gasteiger partial charge in [-0.3, -0.25) is 14.5 Å². The lowest BCUT2D eigenvalue weighted by Crippen LogP contribution is -2.69. The van der Waals surface area contributed by atoms with Gasteiger partial charge in [0.05, 0.1) is 12.1 Å². The van der Waals surface area contributed by atoms with Crippen molar-refractivity contribution in [2.75, 3.05) is 20.1 Å². The van der Waals surface area contributed by atoms with Gasteiger partial charge >= 0.3 is 5.97 Å². The molecule has 228 valence electrons. The number of aliphatic hydroxyl groups is 1. The maximum atomic E-state index is 13.6. The van der Waals surface area contributed by atoms with Gasteiger partial charge in [-0.25, -0.2) is 0 Å². The number of rotatable bonds is 7. The molecule has 7 nitrogen and oxygen atoms in total. The number of benzene rings is 3. The second kappa shape index (κ2) is 11.2. The normalized spacial score (nSPS) is 27.4. The number of nitrogens with zero attached hydrogens (tertiary/aromatic N) is 2. The van der Waals surface area contributed by atoms with E-state index in [1.807, 2.05) is 79.5 Å². The number of carbonyl (C=O) groups is 2. The van der Waals surface area contributed by atoms with Crippen LogP contribution in [-0.4, -0.2) is 65.1 Å². The second-order valence-corrected chi connectivity index (χ2v) is 13.0. The summed E-state index contributed by atoms with van der Waals surface area (Å²) in [6.07, 6.45) is 6.18. The first-order chi connectivity index (χ1) is 21.3. The predicted molar refractivity (Wildman–Crippen MR) is 168 cm³/mol. The summed E-state index contributed by atoms with van der Waals surface area (Å²) < 4.78 is 12.6. The minimum Gasteiger partial charge on any atom is -0.483 e. The number of carbonyl (C=O) groups excluding carboxylic acids is 2. The molecule has 2 aliphatic carbocycles. The van der Waals surface area contributed by atoms with Crippen LogP contribution in [0.1, 0.15) is 60.1 Å². The molecule has 44 heavy (non-hydrogen) atoms. The zero-order valence-corrected chi connectivity index (χ0v) is 25.6. The molecule has 2 heterocycles. The van der Waals surface area contributed by atoms with Crippen molar-refractivity contribution in [3.05, 3.63) is 101 Å². The molecular weight excluding hydrogens is 552 g/mol. The quantitative estimate of drug-likeness (QED) is 0.230. The average molecular weight is 593 g/mol. The SMILES string of the molecule is CC(=O)Oc1ccc2c3c1O[C@H]1[C@H](N(C)C(=O)C=Cc4cccc(C)c4)CC[C@H]4[C@@H](C2)N(CC(O)c2ccccc2)CC[C@@]341. The Morgan fingerprint density at radius 1 is 1.14 bits per heavy atom. The largest absolute Gasteiger partial charge is 0.483 e. The van der Waals surface area contributed by atoms with Crippen molar-refractivity contribution in [3.63, 3.8) is 0 Å². The van der Waals surface area contributed by atoms with Crippen LogP contribution < -0.4 is 9.47 Å². The van der Waals surface area contributed by atoms with Crippen LogP contribution in [0.4, 0.5) is 0 Å². The maximum absolute atomic E-state index is 13.6. The van der Waals surface area contributed by atoms with Gasteiger partial charge in [0, 0.05) is 43.6 Å². The van der Waals surface area contributed by atoms with Gasteiger partial charge in [0.15, 0.2) is 11.5 Å². The molecule has 2 fully saturated rings. The highest BCUT2D eigenvalue weighted by atomic mass is 16.6. The lowest BCUT2D eigenvalue weighted by Gasteiger charge is -2.60. The third-order valence-electron chi connectivity index (χ3n) is 10.5. The van der Waals surface area contributed by atoms with Crippen molar-refractivity contribution >= 4 is 18.0 Å². The molecule has 1 N–H and O–H groups in total. The number of likely N-dealkylation sites (N-methyl/N-ethyl adjacent to an activating group) is 1. The lowest BCUT2D eigenvalue weighted by atomic mass is 9.51. The van der Waals surface area contributed by atoms with Crippen molar-refractivity contribution in [2.24, 2.45) is 5.92 Å². The van der Waals surface area contributed by atoms with Crippen LogP contribution in [0.3, 0.4) is 0 Å². The summed E-state index contributed by atoms with van der Waals surface area (Å²) in [5.74, 6) is 1.01. The van der Waals surface area contributed by atoms with Crippen LogP contribution in [-0.2, 0) is 21.4 Å². The Morgan fingerprint density at radius 3 is 2.73 bits per heavy atom. The fourth-order valence-corrected chi connectivity index (χ4v) is 8.67. The average Bonchev–Trinajstić information content (AvgIpc) is 3.37. The van der Waals surface area contributed by atoms with E-state index in [9.17, 15) is 14.7 Å². The van der Waals surface area contributed by atoms with E-state index in [0.717, 1.165) is 48.9 Å². The Morgan fingerprint density at radius 2 is 1.95 bits per heavy atom. The van der Waals surface area contributed by atoms with Crippen molar-refractivity contribution < 1.29 is 24.2 Å². The van der Waals surface area contributed by atoms with Gasteiger partial charge in [-0.2, -0.15) is 0 Å². The van der Waals surface area contributed by atoms with E-state index in [1.165, 1.54) is 18.1 Å². The summed E-state index contributed by atoms with van der Waals surface area (Å²) in [5.41, 5.74) is 5.17. The van der Waals surface area contributed by atoms with E-state index >= 15 is 0 Å². The van der Waals surface area contributed by atoms with Crippen LogP contribution >= 0.6 is 0 Å². The Bertz CT molecular complexity index is 1620. The van der Waals surface area contributed by atoms with Crippen LogP contribution in [0.5, 0.6) is 11.5 Å². The molecule has 1 unspecified atom stereocenters. The summed E-state index contributed by atoms with van der Waals surface area (Å²) >= 11 is 0. The van der Waals surface area contributed by atoms with Gasteiger partial charge in [0.1, 0.15) is 6.10 Å². The third-order valence-corrected chi connectivity index (χ3v) is 10.5. The molecular formula is C37H40N2O5. The fourth-order valence-electron chi connectivity index (χ4n) is 8.67. The first-order valence-electron chi connectivity index (χ1n) is 15.8. The molecule has 7 rings (SSSR count). The van der Waals surface area contributed by atoms with E-state index in [1.54, 1.807) is 6.08 Å². The third kappa shape index (κ3) is 4.74. The van der Waals surface area contributed by atoms with E-state index in [-0.39, 0.29) is 35.5 Å². The molecule has 4 aliphatic rings. The number of piperidine rings is 1. The Kier molecular flexibility index (Phi) is 7.34. The monoisotopic (exact) mass is 592 g/mol. The Labute approximate surface area is 259 Å². The summed E-state index contributed by atoms with van der Waals surface area (Å²) in [6, 6.07) is 22.1. The number of hydrogen-bond donors (Lipinski definition) is 1. The fraction of sp³-hybridized carbons (Fsp3) is 0.405. The van der Waals surface area contributed by atoms with Crippen LogP contribution in [0, 0.1) is 12.8 Å². The highest BCUT2D eigenvalue weighted by Crippen LogP contribution is 2.64. The molecule has 2 aliphatic heterocycles. The van der Waals surface area contributed by atoms with Crippen LogP contribution in [0.25, 0.3) is 6.08 Å². The van der Waals surface area contributed by atoms with E-state index in [2.05, 4.69) is 17.0 Å². The van der Waals surface area contributed by atoms with Gasteiger partial charge in [0.25, 0.3) is 0 Å². The zero-order valence-electron chi connectivity index (χ0n) is 25.6. The summed E-state index contributed by atoms with van der Waals surface area (Å²) in [4.78, 5) is 30.0. The summed E-state index contributed by atoms with van der Waals surface area (Å²) in [6.45, 7) is 4.85. The molecule has 1 spiro atoms. The number of amides is 1. The minimum atomic E-state index is -0.565. The molecule has 1 saturated carbocycles. The Balaban J connectivity index is 1.22. The number of hydrogen-bond acceptors (Lipinski definition) is 6. The van der Waals surface area contributed by atoms with E-state index in [0.29, 0.717) is 24.0 Å². The first-order valence-corrected chi connectivity index (χ1v) is 15.8. The number of likely N-dealkylation sites (tertiary alicyclic amines) is 1. The van der Waals surface area contributed by atoms with Gasteiger partial charge in [0.2, 0.25) is 5.91 Å². The van der Waals surface area contributed by atoms with Crippen molar-refractivity contribution in [1.82, 2.24) is 9.80 Å². The van der Waals surface area contributed by atoms with E-state index < -0.39 is 6.10 Å². The summed E-state index contributed by atoms with van der Waals surface area (Å²) in [7, 11) is 1.89.